The first-order valence-electron chi connectivity index (χ1n) is 7.96. The number of rotatable bonds is 2. The van der Waals surface area contributed by atoms with E-state index < -0.39 is 0 Å². The smallest absolute Gasteiger partial charge is 0.244 e. The van der Waals surface area contributed by atoms with Gasteiger partial charge in [-0.15, -0.1) is 0 Å². The van der Waals surface area contributed by atoms with Gasteiger partial charge in [-0.2, -0.15) is 0 Å². The molecule has 0 radical (unpaired) electrons. The molecule has 1 aromatic rings. The highest BCUT2D eigenvalue weighted by Gasteiger charge is 2.60. The number of carbonyl (C=O) groups is 1. The first kappa shape index (κ1) is 12.4. The van der Waals surface area contributed by atoms with Crippen LogP contribution < -0.4 is 5.32 Å². The monoisotopic (exact) mass is 270 g/mol. The maximum atomic E-state index is 12.8. The molecular formula is C17H22N2O. The molecule has 3 aliphatic rings. The Morgan fingerprint density at radius 2 is 1.75 bits per heavy atom. The summed E-state index contributed by atoms with van der Waals surface area (Å²) in [7, 11) is 0. The van der Waals surface area contributed by atoms with E-state index in [1.165, 1.54) is 37.7 Å². The molecule has 2 aliphatic carbocycles. The number of hydrogen-bond acceptors (Lipinski definition) is 2. The van der Waals surface area contributed by atoms with E-state index in [0.717, 1.165) is 12.8 Å². The highest BCUT2D eigenvalue weighted by atomic mass is 16.2. The lowest BCUT2D eigenvalue weighted by Crippen LogP contribution is -2.41. The minimum atomic E-state index is -0.210. The normalized spacial score (nSPS) is 29.1. The quantitative estimate of drug-likeness (QED) is 0.896. The number of amides is 1. The highest BCUT2D eigenvalue weighted by Crippen LogP contribution is 2.47. The molecule has 3 heteroatoms. The molecule has 1 atom stereocenters. The van der Waals surface area contributed by atoms with Crippen molar-refractivity contribution in [3.8, 4) is 0 Å². The second-order valence-corrected chi connectivity index (χ2v) is 6.54. The van der Waals surface area contributed by atoms with Crippen LogP contribution in [0.1, 0.15) is 56.7 Å². The van der Waals surface area contributed by atoms with Gasteiger partial charge in [-0.3, -0.25) is 10.1 Å². The van der Waals surface area contributed by atoms with Gasteiger partial charge in [-0.05, 0) is 31.2 Å². The van der Waals surface area contributed by atoms with Gasteiger partial charge in [0.15, 0.2) is 0 Å². The van der Waals surface area contributed by atoms with E-state index in [0.29, 0.717) is 11.9 Å². The molecule has 1 spiro atoms. The molecule has 1 aromatic carbocycles. The van der Waals surface area contributed by atoms with Gasteiger partial charge < -0.3 is 4.90 Å². The van der Waals surface area contributed by atoms with Gasteiger partial charge in [0.25, 0.3) is 0 Å². The summed E-state index contributed by atoms with van der Waals surface area (Å²) in [5.41, 5.74) is 1.02. The highest BCUT2D eigenvalue weighted by molar-refractivity contribution is 5.92. The topological polar surface area (TPSA) is 32.3 Å². The molecule has 2 saturated carbocycles. The Balaban J connectivity index is 1.66. The van der Waals surface area contributed by atoms with Crippen LogP contribution in [0.15, 0.2) is 30.3 Å². The SMILES string of the molecule is O=C1N(C2CCCCC2)C(c2ccccc2)NC12CC2. The molecule has 1 N–H and O–H groups in total. The first-order chi connectivity index (χ1) is 9.80. The molecule has 1 aliphatic heterocycles. The summed E-state index contributed by atoms with van der Waals surface area (Å²) in [6.45, 7) is 0. The van der Waals surface area contributed by atoms with E-state index in [1.807, 2.05) is 6.07 Å². The second kappa shape index (κ2) is 4.59. The van der Waals surface area contributed by atoms with Crippen LogP contribution in [0.5, 0.6) is 0 Å². The lowest BCUT2D eigenvalue weighted by Gasteiger charge is -2.35. The van der Waals surface area contributed by atoms with Crippen LogP contribution in [0, 0.1) is 0 Å². The van der Waals surface area contributed by atoms with Gasteiger partial charge in [-0.1, -0.05) is 49.6 Å². The summed E-state index contributed by atoms with van der Waals surface area (Å²) >= 11 is 0. The van der Waals surface area contributed by atoms with Crippen molar-refractivity contribution in [2.45, 2.75) is 62.7 Å². The van der Waals surface area contributed by atoms with Crippen molar-refractivity contribution in [3.63, 3.8) is 0 Å². The standard InChI is InChI=1S/C17H22N2O/c20-16-17(11-12-17)18-15(13-7-3-1-4-8-13)19(16)14-9-5-2-6-10-14/h1,3-4,7-8,14-15,18H,2,5-6,9-12H2. The van der Waals surface area contributed by atoms with Crippen LogP contribution in [0.25, 0.3) is 0 Å². The van der Waals surface area contributed by atoms with Crippen molar-refractivity contribution in [2.75, 3.05) is 0 Å². The molecule has 1 saturated heterocycles. The van der Waals surface area contributed by atoms with Crippen LogP contribution >= 0.6 is 0 Å². The predicted molar refractivity (Wildman–Crippen MR) is 78.0 cm³/mol. The van der Waals surface area contributed by atoms with Crippen LogP contribution in [0.4, 0.5) is 0 Å². The minimum absolute atomic E-state index is 0.0919. The van der Waals surface area contributed by atoms with Crippen molar-refractivity contribution in [2.24, 2.45) is 0 Å². The van der Waals surface area contributed by atoms with E-state index in [2.05, 4.69) is 34.5 Å². The molecular weight excluding hydrogens is 248 g/mol. The zero-order valence-corrected chi connectivity index (χ0v) is 11.8. The third-order valence-corrected chi connectivity index (χ3v) is 5.17. The Morgan fingerprint density at radius 3 is 2.40 bits per heavy atom. The molecule has 0 bridgehead atoms. The van der Waals surface area contributed by atoms with E-state index >= 15 is 0 Å². The van der Waals surface area contributed by atoms with E-state index in [9.17, 15) is 4.79 Å². The summed E-state index contributed by atoms with van der Waals surface area (Å²) < 4.78 is 0. The summed E-state index contributed by atoms with van der Waals surface area (Å²) in [5.74, 6) is 0.359. The van der Waals surface area contributed by atoms with Crippen molar-refractivity contribution in [1.29, 1.82) is 0 Å². The Morgan fingerprint density at radius 1 is 1.05 bits per heavy atom. The van der Waals surface area contributed by atoms with Crippen LogP contribution in [-0.4, -0.2) is 22.4 Å². The van der Waals surface area contributed by atoms with Gasteiger partial charge in [-0.25, -0.2) is 0 Å². The summed E-state index contributed by atoms with van der Waals surface area (Å²) in [6, 6.07) is 10.9. The van der Waals surface area contributed by atoms with E-state index in [-0.39, 0.29) is 11.7 Å². The maximum Gasteiger partial charge on any atom is 0.244 e. The molecule has 0 aromatic heterocycles. The van der Waals surface area contributed by atoms with Gasteiger partial charge in [0.1, 0.15) is 11.7 Å². The molecule has 3 nitrogen and oxygen atoms in total. The molecule has 1 heterocycles. The number of benzene rings is 1. The van der Waals surface area contributed by atoms with Crippen LogP contribution in [0.3, 0.4) is 0 Å². The zero-order valence-electron chi connectivity index (χ0n) is 11.8. The first-order valence-corrected chi connectivity index (χ1v) is 7.96. The average Bonchev–Trinajstić information content (AvgIpc) is 3.23. The fourth-order valence-corrected chi connectivity index (χ4v) is 3.86. The number of nitrogens with one attached hydrogen (secondary N) is 1. The van der Waals surface area contributed by atoms with Gasteiger partial charge >= 0.3 is 0 Å². The van der Waals surface area contributed by atoms with Crippen molar-refractivity contribution < 1.29 is 4.79 Å². The molecule has 1 amide bonds. The molecule has 106 valence electrons. The Labute approximate surface area is 120 Å². The average molecular weight is 270 g/mol. The Kier molecular flexibility index (Phi) is 2.84. The van der Waals surface area contributed by atoms with Crippen LogP contribution in [-0.2, 0) is 4.79 Å². The number of carbonyl (C=O) groups excluding carboxylic acids is 1. The lowest BCUT2D eigenvalue weighted by atomic mass is 9.93. The van der Waals surface area contributed by atoms with Gasteiger partial charge in [0, 0.05) is 6.04 Å². The van der Waals surface area contributed by atoms with E-state index in [4.69, 9.17) is 0 Å². The van der Waals surface area contributed by atoms with Crippen LogP contribution in [0.2, 0.25) is 0 Å². The largest absolute Gasteiger partial charge is 0.318 e. The molecule has 3 fully saturated rings. The number of hydrogen-bond donors (Lipinski definition) is 1. The second-order valence-electron chi connectivity index (χ2n) is 6.54. The van der Waals surface area contributed by atoms with E-state index in [1.54, 1.807) is 0 Å². The Bertz CT molecular complexity index is 503. The summed E-state index contributed by atoms with van der Waals surface area (Å²) in [6.07, 6.45) is 8.32. The lowest BCUT2D eigenvalue weighted by molar-refractivity contribution is -0.133. The van der Waals surface area contributed by atoms with Gasteiger partial charge in [0.05, 0.1) is 0 Å². The zero-order chi connectivity index (χ0) is 13.6. The molecule has 4 rings (SSSR count). The fourth-order valence-electron chi connectivity index (χ4n) is 3.86. The molecule has 20 heavy (non-hydrogen) atoms. The third-order valence-electron chi connectivity index (χ3n) is 5.17. The fraction of sp³-hybridized carbons (Fsp3) is 0.588. The minimum Gasteiger partial charge on any atom is -0.318 e. The number of nitrogens with zero attached hydrogens (tertiary/aromatic N) is 1. The summed E-state index contributed by atoms with van der Waals surface area (Å²) in [4.78, 5) is 15.0. The third kappa shape index (κ3) is 1.87. The maximum absolute atomic E-state index is 12.8. The molecule has 1 unspecified atom stereocenters. The van der Waals surface area contributed by atoms with Crippen molar-refractivity contribution in [3.05, 3.63) is 35.9 Å². The summed E-state index contributed by atoms with van der Waals surface area (Å²) in [5, 5.41) is 3.63. The van der Waals surface area contributed by atoms with Crippen molar-refractivity contribution >= 4 is 5.91 Å². The predicted octanol–water partition coefficient (Wildman–Crippen LogP) is 2.98. The Hall–Kier alpha value is -1.35. The van der Waals surface area contributed by atoms with Gasteiger partial charge in [0.2, 0.25) is 5.91 Å². The van der Waals surface area contributed by atoms with Crippen molar-refractivity contribution in [1.82, 2.24) is 10.2 Å².